The van der Waals surface area contributed by atoms with Crippen LogP contribution in [0.1, 0.15) is 213 Å². The fraction of sp³-hybridized carbons (Fsp3) is 0.529. The summed E-state index contributed by atoms with van der Waals surface area (Å²) >= 11 is 0. The third-order valence-electron chi connectivity index (χ3n) is 9.85. The summed E-state index contributed by atoms with van der Waals surface area (Å²) in [4.78, 5) is 101. The summed E-state index contributed by atoms with van der Waals surface area (Å²) in [5.41, 5.74) is 5.68. The minimum atomic E-state index is -0.917. The number of carbonyl (C=O) groups excluding carboxylic acids is 8. The van der Waals surface area contributed by atoms with Gasteiger partial charge in [0.1, 0.15) is 17.7 Å². The minimum Gasteiger partial charge on any atom is -0.510 e. The summed E-state index contributed by atoms with van der Waals surface area (Å²) in [6.45, 7) is 15.2. The molecule has 0 aliphatic rings. The molecule has 0 atom stereocenters. The molecule has 3 aromatic heterocycles. The molecule has 0 bridgehead atoms. The van der Waals surface area contributed by atoms with E-state index in [1.807, 2.05) is 47.6 Å². The number of aryl methyl sites for hydroxylation is 1. The molecule has 3 heterocycles. The highest BCUT2D eigenvalue weighted by Crippen LogP contribution is 2.25. The van der Waals surface area contributed by atoms with E-state index in [4.69, 9.17) is 15.7 Å². The molecule has 0 fully saturated rings. The van der Waals surface area contributed by atoms with Gasteiger partial charge in [-0.25, -0.2) is 19.2 Å². The fourth-order valence-electron chi connectivity index (χ4n) is 6.61. The van der Waals surface area contributed by atoms with Gasteiger partial charge in [0, 0.05) is 28.8 Å². The summed E-state index contributed by atoms with van der Waals surface area (Å²) in [6.07, 6.45) is 15.0. The molecule has 20 heteroatoms. The Kier molecular flexibility index (Phi) is 41.8. The smallest absolute Gasteiger partial charge is 0.363 e. The molecule has 0 aromatic carbocycles. The lowest BCUT2D eigenvalue weighted by Crippen LogP contribution is -2.20. The van der Waals surface area contributed by atoms with Crippen molar-refractivity contribution in [3.05, 3.63) is 96.1 Å². The number of nitrogens with zero attached hydrogens (tertiary/aromatic N) is 3. The third kappa shape index (κ3) is 20.8. The molecule has 402 valence electrons. The molecule has 0 aliphatic carbocycles. The van der Waals surface area contributed by atoms with E-state index in [2.05, 4.69) is 31.3 Å². The van der Waals surface area contributed by atoms with E-state index in [0.29, 0.717) is 83.3 Å². The Morgan fingerprint density at radius 1 is 0.634 bits per heavy atom. The number of allylic oxidation sites excluding steroid dienone is 3. The van der Waals surface area contributed by atoms with E-state index in [1.165, 1.54) is 32.1 Å². The van der Waals surface area contributed by atoms with E-state index >= 15 is 0 Å². The van der Waals surface area contributed by atoms with Crippen molar-refractivity contribution < 1.29 is 67.6 Å². The first kappa shape index (κ1) is 72.9. The number of nitrogen functional groups attached to an aromatic ring is 1. The van der Waals surface area contributed by atoms with Crippen LogP contribution < -0.4 is 5.84 Å². The van der Waals surface area contributed by atoms with Gasteiger partial charge in [-0.15, -0.1) is 4.91 Å². The number of H-pyrrole nitrogens is 1. The molecule has 71 heavy (non-hydrogen) atoms. The number of aromatic nitrogens is 3. The highest BCUT2D eigenvalue weighted by atomic mass is 16.5. The lowest BCUT2D eigenvalue weighted by molar-refractivity contribution is -0.136. The van der Waals surface area contributed by atoms with Gasteiger partial charge in [0.2, 0.25) is 5.70 Å². The normalized spacial score (nSPS) is 10.0. The number of nitroso groups, excluding NO2 is 1. The quantitative estimate of drug-likeness (QED) is 0.0113. The highest BCUT2D eigenvalue weighted by molar-refractivity contribution is 5.96. The standard InChI is InChI=1S/C12H18N2O3.C12H17NO4.C12H17NO3.C6H9NO4.C6H10O.3CH4/c1-4-6-10-9(7-15)8(5-2)11(14(10)13)12(16)17-3;1-4-6-10-9(7-14)8(5-2)11(13(10)16)12(15)17-3;1-4-6-10-9(7-14)8(5-2)11(13-10)12(15)16-3;1-3-4(8)5(7-10)6(9)11-2;1-2-3-4-5-6-7;;;/h7H,4-6,13H2,1-3H3;7,16H,4-6H2,1-3H3;7,13H,4-6H2,1-3H3;8H,3H2,1-2H3;4-6H,2-3H2,1H3;3*1H4/b;;;;5-4+;;;. The maximum atomic E-state index is 11.7. The van der Waals surface area contributed by atoms with Crippen LogP contribution in [0.2, 0.25) is 0 Å². The topological polar surface area (TPSA) is 295 Å². The van der Waals surface area contributed by atoms with E-state index in [0.717, 1.165) is 80.5 Å². The van der Waals surface area contributed by atoms with Gasteiger partial charge in [0.05, 0.1) is 39.8 Å². The first-order valence-corrected chi connectivity index (χ1v) is 22.3. The van der Waals surface area contributed by atoms with Gasteiger partial charge < -0.3 is 40.1 Å². The van der Waals surface area contributed by atoms with Crippen molar-refractivity contribution in [3.63, 3.8) is 0 Å². The number of nitrogens with two attached hydrogens (primary N) is 1. The number of aldehydes is 4. The molecule has 20 nitrogen and oxygen atoms in total. The average molecular weight is 1010 g/mol. The summed E-state index contributed by atoms with van der Waals surface area (Å²) in [5, 5.41) is 21.2. The number of unbranched alkanes of at least 4 members (excludes halogenated alkanes) is 1. The zero-order valence-electron chi connectivity index (χ0n) is 41.6. The van der Waals surface area contributed by atoms with E-state index in [1.54, 1.807) is 6.92 Å². The van der Waals surface area contributed by atoms with Gasteiger partial charge in [-0.2, -0.15) is 4.73 Å². The van der Waals surface area contributed by atoms with Gasteiger partial charge in [0.25, 0.3) is 0 Å². The molecule has 3 aromatic rings. The summed E-state index contributed by atoms with van der Waals surface area (Å²) in [6, 6.07) is 0. The zero-order chi connectivity index (χ0) is 52.5. The fourth-order valence-corrected chi connectivity index (χ4v) is 6.61. The number of ether oxygens (including phenoxy) is 4. The number of esters is 4. The van der Waals surface area contributed by atoms with Crippen molar-refractivity contribution in [3.8, 4) is 0 Å². The molecular weight excluding hydrogens is 923 g/mol. The van der Waals surface area contributed by atoms with Gasteiger partial charge in [0.15, 0.2) is 30.2 Å². The molecule has 0 spiro atoms. The molecule has 0 saturated carbocycles. The molecule has 0 amide bonds. The predicted molar refractivity (Wildman–Crippen MR) is 275 cm³/mol. The van der Waals surface area contributed by atoms with Crippen LogP contribution >= 0.6 is 0 Å². The van der Waals surface area contributed by atoms with E-state index < -0.39 is 29.6 Å². The second kappa shape index (κ2) is 40.7. The van der Waals surface area contributed by atoms with Gasteiger partial charge >= 0.3 is 23.9 Å². The first-order valence-electron chi connectivity index (χ1n) is 22.3. The summed E-state index contributed by atoms with van der Waals surface area (Å²) < 4.78 is 20.2. The minimum absolute atomic E-state index is 0. The first-order chi connectivity index (χ1) is 32.5. The Bertz CT molecular complexity index is 2110. The van der Waals surface area contributed by atoms with Crippen molar-refractivity contribution >= 4 is 49.0 Å². The molecule has 0 radical (unpaired) electrons. The molecule has 5 N–H and O–H groups in total. The molecule has 0 unspecified atom stereocenters. The van der Waals surface area contributed by atoms with Crippen molar-refractivity contribution in [1.82, 2.24) is 14.4 Å². The number of aliphatic hydroxyl groups excluding tert-OH is 1. The Labute approximate surface area is 420 Å². The van der Waals surface area contributed by atoms with Crippen molar-refractivity contribution in [2.45, 2.75) is 155 Å². The zero-order valence-corrected chi connectivity index (χ0v) is 41.6. The maximum Gasteiger partial charge on any atom is 0.363 e. The van der Waals surface area contributed by atoms with Crippen LogP contribution in [-0.2, 0) is 67.1 Å². The van der Waals surface area contributed by atoms with E-state index in [-0.39, 0.29) is 45.8 Å². The number of hydrogen-bond acceptors (Lipinski definition) is 17. The second-order valence-electron chi connectivity index (χ2n) is 14.2. The Hall–Kier alpha value is -7.12. The Morgan fingerprint density at radius 3 is 1.46 bits per heavy atom. The van der Waals surface area contributed by atoms with Crippen LogP contribution in [-0.4, -0.2) is 102 Å². The molecular formula is C51H83N5O15. The lowest BCUT2D eigenvalue weighted by atomic mass is 10.1. The van der Waals surface area contributed by atoms with Crippen LogP contribution in [0.15, 0.2) is 28.8 Å². The lowest BCUT2D eigenvalue weighted by Gasteiger charge is -2.05. The number of aromatic amines is 1. The van der Waals surface area contributed by atoms with Crippen LogP contribution in [0.25, 0.3) is 0 Å². The van der Waals surface area contributed by atoms with Crippen LogP contribution in [0.4, 0.5) is 0 Å². The van der Waals surface area contributed by atoms with Crippen LogP contribution in [0.5, 0.6) is 0 Å². The molecule has 0 aliphatic heterocycles. The van der Waals surface area contributed by atoms with Crippen LogP contribution in [0, 0.1) is 4.91 Å². The van der Waals surface area contributed by atoms with Crippen molar-refractivity contribution in [1.29, 1.82) is 0 Å². The number of hydrogen-bond donors (Lipinski definition) is 4. The second-order valence-corrected chi connectivity index (χ2v) is 14.2. The van der Waals surface area contributed by atoms with E-state index in [9.17, 15) is 48.5 Å². The largest absolute Gasteiger partial charge is 0.510 e. The van der Waals surface area contributed by atoms with Crippen molar-refractivity contribution in [2.24, 2.45) is 5.18 Å². The summed E-state index contributed by atoms with van der Waals surface area (Å²) in [7, 11) is 4.99. The monoisotopic (exact) mass is 1010 g/mol. The number of methoxy groups -OCH3 is 4. The Morgan fingerprint density at radius 2 is 1.08 bits per heavy atom. The Balaban J connectivity index is -0.000000260. The molecule has 0 saturated heterocycles. The maximum absolute atomic E-state index is 11.7. The number of carbonyl (C=O) groups is 8. The number of nitrogens with one attached hydrogen (secondary N) is 1. The summed E-state index contributed by atoms with van der Waals surface area (Å²) in [5.74, 6) is 3.05. The van der Waals surface area contributed by atoms with Crippen LogP contribution in [0.3, 0.4) is 0 Å². The SMILES string of the molecule is C.C.C.CCC(O)=C(N=O)C(=O)OC.CCC/C=C/C=O.CCCc1[nH]c(C(=O)OC)c(CC)c1C=O.CCCc1c(C=O)c(CC)c(C(=O)OC)n1N.CCCc1c(C=O)c(CC)c(C(=O)OC)n1O. The van der Waals surface area contributed by atoms with Gasteiger partial charge in [-0.05, 0) is 72.9 Å². The predicted octanol–water partition coefficient (Wildman–Crippen LogP) is 9.84. The van der Waals surface area contributed by atoms with Gasteiger partial charge in [-0.3, -0.25) is 23.9 Å². The molecule has 3 rings (SSSR count). The average Bonchev–Trinajstić information content (AvgIpc) is 3.96. The van der Waals surface area contributed by atoms with Gasteiger partial charge in [-0.1, -0.05) is 109 Å². The van der Waals surface area contributed by atoms with Crippen molar-refractivity contribution in [2.75, 3.05) is 34.3 Å². The highest BCUT2D eigenvalue weighted by Gasteiger charge is 2.27. The number of rotatable bonds is 21. The number of aliphatic hydroxyl groups is 1. The third-order valence-corrected chi connectivity index (χ3v) is 9.85.